The summed E-state index contributed by atoms with van der Waals surface area (Å²) in [6, 6.07) is 25.3. The number of nitrogens with one attached hydrogen (secondary N) is 4. The lowest BCUT2D eigenvalue weighted by molar-refractivity contribution is -0.128. The number of amidine groups is 3. The van der Waals surface area contributed by atoms with Crippen LogP contribution >= 0.6 is 46.4 Å². The van der Waals surface area contributed by atoms with E-state index in [2.05, 4.69) is 95.0 Å². The number of thiazole rings is 3. The van der Waals surface area contributed by atoms with Crippen LogP contribution in [0.5, 0.6) is 17.2 Å². The van der Waals surface area contributed by atoms with Crippen molar-refractivity contribution in [2.24, 2.45) is 44.4 Å². The van der Waals surface area contributed by atoms with Crippen molar-refractivity contribution in [3.8, 4) is 17.2 Å². The van der Waals surface area contributed by atoms with Gasteiger partial charge in [0.25, 0.3) is 41.7 Å². The number of benzene rings is 2. The van der Waals surface area contributed by atoms with Gasteiger partial charge in [-0.15, -0.1) is 46.4 Å². The molecule has 0 aliphatic carbocycles. The van der Waals surface area contributed by atoms with Crippen LogP contribution in [0.3, 0.4) is 0 Å². The Labute approximate surface area is 694 Å². The number of aromatic nitrogens is 6. The highest BCUT2D eigenvalue weighted by molar-refractivity contribution is 7.10. The van der Waals surface area contributed by atoms with E-state index in [1.165, 1.54) is 65.4 Å². The van der Waals surface area contributed by atoms with E-state index < -0.39 is 59.8 Å². The molecular formula is C76H95ClF6N16O16S3. The molecule has 32 nitrogen and oxygen atoms in total. The predicted octanol–water partition coefficient (Wildman–Crippen LogP) is 13.4. The van der Waals surface area contributed by atoms with Crippen molar-refractivity contribution in [1.29, 1.82) is 0 Å². The number of rotatable bonds is 16. The van der Waals surface area contributed by atoms with Crippen molar-refractivity contribution in [2.75, 3.05) is 63.1 Å². The molecule has 6 atom stereocenters. The van der Waals surface area contributed by atoms with Crippen LogP contribution in [0.1, 0.15) is 158 Å². The van der Waals surface area contributed by atoms with Crippen LogP contribution in [-0.4, -0.2) is 166 Å². The van der Waals surface area contributed by atoms with Crippen LogP contribution in [0.4, 0.5) is 43.8 Å². The summed E-state index contributed by atoms with van der Waals surface area (Å²) in [5.74, 6) is 1.99. The highest BCUT2D eigenvalue weighted by Crippen LogP contribution is 2.51. The molecule has 0 bridgehead atoms. The highest BCUT2D eigenvalue weighted by Gasteiger charge is 2.56. The average molecular weight is 1730 g/mol. The Kier molecular flexibility index (Phi) is 35.3. The van der Waals surface area contributed by atoms with Crippen molar-refractivity contribution in [2.45, 2.75) is 144 Å². The monoisotopic (exact) mass is 1730 g/mol. The number of pyridine rings is 3. The zero-order valence-electron chi connectivity index (χ0n) is 61.8. The fourth-order valence-corrected chi connectivity index (χ4v) is 15.2. The van der Waals surface area contributed by atoms with Gasteiger partial charge >= 0.3 is 25.8 Å². The molecule has 8 aromatic rings. The quantitative estimate of drug-likeness (QED) is 0.0329. The van der Waals surface area contributed by atoms with Crippen LogP contribution in [0.2, 0.25) is 0 Å². The largest absolute Gasteiger partial charge is 0.477 e. The summed E-state index contributed by atoms with van der Waals surface area (Å²) in [6.07, 6.45) is 5.14. The average Bonchev–Trinajstić information content (AvgIpc) is 1.33. The molecule has 642 valence electrons. The second-order valence-corrected chi connectivity index (χ2v) is 29.9. The zero-order valence-corrected chi connectivity index (χ0v) is 65.0. The number of carbonyl (C=O) groups excluding carboxylic acids is 4. The SMILES string of the molecule is C.C.C.C.CC1(C)C[C@H]2COC(N)=N[C@@]2(c2nc(NC(=O)c3ccc(OC(F)F)cn3)cs2)CO1.CC1(C)C[C@H]2COC(NC(=O)c3ccccc3)=N[C@@]2(c2nc(N)cs2)CO1.CC1(C)C[C@H]2COC(NC(=O)c3ccccc3)=N[C@@]2(c2nc(NC(=O)c3ccc(OC(F)F)cn3)cs2)CO1.CON.Cl.O=C(O)c1ccc(OC(F)F)cn1. The molecule has 3 saturated heterocycles. The number of hydrogen-bond donors (Lipinski definition) is 8. The number of hydrogen-bond acceptors (Lipinski definition) is 30. The third-order valence-corrected chi connectivity index (χ3v) is 20.7. The minimum Gasteiger partial charge on any atom is -0.477 e. The summed E-state index contributed by atoms with van der Waals surface area (Å²) in [7, 11) is 1.40. The van der Waals surface area contributed by atoms with Gasteiger partial charge in [0.05, 0.1) is 82.1 Å². The number of halogens is 7. The summed E-state index contributed by atoms with van der Waals surface area (Å²) in [5.41, 5.74) is 9.12. The minimum absolute atomic E-state index is 0. The van der Waals surface area contributed by atoms with Crippen LogP contribution in [-0.2, 0) is 49.9 Å². The number of fused-ring (bicyclic) bond motifs is 3. The summed E-state index contributed by atoms with van der Waals surface area (Å²) in [6.45, 7) is 5.22. The number of aromatic carboxylic acids is 1. The van der Waals surface area contributed by atoms with E-state index in [9.17, 15) is 50.3 Å². The lowest BCUT2D eigenvalue weighted by atomic mass is 9.76. The molecule has 42 heteroatoms. The van der Waals surface area contributed by atoms with Gasteiger partial charge in [-0.3, -0.25) is 29.8 Å². The highest BCUT2D eigenvalue weighted by atomic mass is 35.5. The van der Waals surface area contributed by atoms with Gasteiger partial charge < -0.3 is 74.7 Å². The van der Waals surface area contributed by atoms with Crippen LogP contribution in [0.25, 0.3) is 0 Å². The number of ether oxygens (including phenoxy) is 9. The Morgan fingerprint density at radius 1 is 0.475 bits per heavy atom. The topological polar surface area (TPSA) is 438 Å². The van der Waals surface area contributed by atoms with E-state index in [-0.39, 0.29) is 148 Å². The van der Waals surface area contributed by atoms with Crippen LogP contribution < -0.4 is 52.8 Å². The smallest absolute Gasteiger partial charge is 0.387 e. The molecule has 6 aromatic heterocycles. The van der Waals surface area contributed by atoms with Gasteiger partial charge in [0.1, 0.15) is 83.4 Å². The van der Waals surface area contributed by atoms with Crippen molar-refractivity contribution < 1.29 is 103 Å². The molecule has 0 saturated carbocycles. The molecule has 118 heavy (non-hydrogen) atoms. The molecule has 6 aliphatic rings. The number of anilines is 3. The normalized spacial score (nSPS) is 21.0. The Morgan fingerprint density at radius 3 is 1.13 bits per heavy atom. The maximum Gasteiger partial charge on any atom is 0.387 e. The fourth-order valence-electron chi connectivity index (χ4n) is 12.4. The van der Waals surface area contributed by atoms with Gasteiger partial charge in [0.2, 0.25) is 0 Å². The van der Waals surface area contributed by atoms with Gasteiger partial charge in [-0.2, -0.15) is 26.3 Å². The van der Waals surface area contributed by atoms with Crippen molar-refractivity contribution in [1.82, 2.24) is 40.5 Å². The first-order chi connectivity index (χ1) is 53.7. The third kappa shape index (κ3) is 25.4. The second kappa shape index (κ2) is 42.6. The third-order valence-electron chi connectivity index (χ3n) is 17.7. The predicted molar refractivity (Wildman–Crippen MR) is 433 cm³/mol. The number of amides is 4. The van der Waals surface area contributed by atoms with E-state index in [0.717, 1.165) is 42.2 Å². The van der Waals surface area contributed by atoms with Crippen molar-refractivity contribution in [3.05, 3.63) is 175 Å². The second-order valence-electron chi connectivity index (χ2n) is 27.4. The number of nitrogens with two attached hydrogens (primary N) is 3. The fraction of sp³-hybridized carbons (Fsp3) is 0.421. The number of aliphatic imine (C=N–C) groups is 3. The molecule has 14 rings (SSSR count). The van der Waals surface area contributed by atoms with E-state index >= 15 is 0 Å². The van der Waals surface area contributed by atoms with E-state index in [1.54, 1.807) is 52.5 Å². The Balaban J connectivity index is 0.000000286. The number of nitrogens with zero attached hydrogens (tertiary/aromatic N) is 9. The molecular weight excluding hydrogens is 1640 g/mol. The number of nitrogen functional groups attached to an aromatic ring is 1. The summed E-state index contributed by atoms with van der Waals surface area (Å²) in [5, 5.41) is 26.4. The van der Waals surface area contributed by atoms with Gasteiger partial charge in [-0.25, -0.2) is 55.6 Å². The van der Waals surface area contributed by atoms with E-state index in [4.69, 9.17) is 55.0 Å². The summed E-state index contributed by atoms with van der Waals surface area (Å²) >= 11 is 4.08. The summed E-state index contributed by atoms with van der Waals surface area (Å²) < 4.78 is 120. The van der Waals surface area contributed by atoms with Gasteiger partial charge in [-0.05, 0) is 121 Å². The summed E-state index contributed by atoms with van der Waals surface area (Å²) in [4.78, 5) is 103. The first kappa shape index (κ1) is 97.8. The number of carboxylic acid groups (broad SMARTS) is 1. The molecule has 4 amide bonds. The van der Waals surface area contributed by atoms with Gasteiger partial charge in [0, 0.05) is 45.0 Å². The number of carbonyl (C=O) groups is 5. The molecule has 0 radical (unpaired) electrons. The van der Waals surface area contributed by atoms with E-state index in [0.29, 0.717) is 78.7 Å². The standard InChI is InChI=1S/C26H25F2N5O5S.C19H21F2N5O4S.C19H22N4O3S.C7H5F2NO3.CH5NO.4CH4.ClH/c1-25(2)10-16-12-36-24(32-20(34)15-6-4-3-5-7-15)33-26(16,14-37-25)22-31-19(13-39-22)30-21(35)18-9-8-17(11-29-18)38-23(27)28;1-18(2)5-10-7-28-17(22)26-19(10,9-29-18)15-25-13(8-31-15)24-14(27)12-4-3-11(6-23-12)30-16(20)21;1-18(2)8-13-9-25-17(22-15(24)12-6-4-3-5-7-12)23-19(13,11-26-18)16-21-14(20)10-27-16;8-7(9)13-4-1-2-5(6(11)12)10-3-4;1-3-2;;;;;/h3-9,11,13,16,23H,10,12,14H2,1-2H3,(H,30,35)(H,32,33,34);3-4,6,8,10,16H,5,7,9H2,1-2H3,(H2,22,26)(H,24,27);3-7,10,13H,8-9,11,20H2,1-2H3,(H,22,23,24);1-3,7H,(H,11,12);2H2,1H3;4*1H4;1H/t16-,26-;10-,19-;13-,19-;;;;;;;/m000......./s1. The molecule has 11 N–H and O–H groups in total. The first-order valence-electron chi connectivity index (χ1n) is 34.2. The van der Waals surface area contributed by atoms with Gasteiger partial charge in [-0.1, -0.05) is 66.1 Å². The van der Waals surface area contributed by atoms with Crippen LogP contribution in [0.15, 0.2) is 147 Å². The zero-order chi connectivity index (χ0) is 81.5. The first-order valence-corrected chi connectivity index (χ1v) is 36.9. The number of alkyl halides is 6. The number of carboxylic acids is 1. The maximum atomic E-state index is 12.7. The van der Waals surface area contributed by atoms with Crippen molar-refractivity contribution in [3.63, 3.8) is 0 Å². The Morgan fingerprint density at radius 2 is 0.805 bits per heavy atom. The molecule has 12 heterocycles. The maximum absolute atomic E-state index is 12.7. The molecule has 3 fully saturated rings. The molecule has 0 spiro atoms. The van der Waals surface area contributed by atoms with Gasteiger partial charge in [0.15, 0.2) is 0 Å². The molecule has 6 aliphatic heterocycles. The van der Waals surface area contributed by atoms with Crippen LogP contribution in [0, 0.1) is 17.8 Å². The lowest BCUT2D eigenvalue weighted by Crippen LogP contribution is -2.55. The lowest BCUT2D eigenvalue weighted by Gasteiger charge is -2.47. The van der Waals surface area contributed by atoms with E-state index in [1.807, 2.05) is 52.0 Å². The minimum atomic E-state index is -2.99. The Bertz CT molecular complexity index is 4700. The molecule has 0 unspecified atom stereocenters. The molecule has 2 aromatic carbocycles. The Hall–Kier alpha value is -10.8. The van der Waals surface area contributed by atoms with Crippen molar-refractivity contribution >= 4 is 112 Å².